The largest absolute Gasteiger partial charge is 0.384 e. The van der Waals surface area contributed by atoms with Gasteiger partial charge in [-0.25, -0.2) is 10.8 Å². The molecular weight excluding hydrogens is 216 g/mol. The number of rotatable bonds is 5. The van der Waals surface area contributed by atoms with E-state index in [1.165, 1.54) is 0 Å². The Balaban J connectivity index is 1.85. The van der Waals surface area contributed by atoms with Crippen LogP contribution in [0.1, 0.15) is 5.69 Å². The minimum Gasteiger partial charge on any atom is -0.384 e. The number of hydrogen-bond donors (Lipinski definition) is 3. The molecule has 2 heterocycles. The monoisotopic (exact) mass is 232 g/mol. The van der Waals surface area contributed by atoms with Crippen molar-refractivity contribution in [3.8, 4) is 0 Å². The summed E-state index contributed by atoms with van der Waals surface area (Å²) in [6.07, 6.45) is 4.53. The van der Waals surface area contributed by atoms with E-state index in [0.29, 0.717) is 5.82 Å². The summed E-state index contributed by atoms with van der Waals surface area (Å²) in [6.45, 7) is 0.824. The van der Waals surface area contributed by atoms with E-state index < -0.39 is 0 Å². The van der Waals surface area contributed by atoms with Crippen LogP contribution in [0.2, 0.25) is 0 Å². The van der Waals surface area contributed by atoms with Gasteiger partial charge in [-0.1, -0.05) is 0 Å². The molecule has 6 nitrogen and oxygen atoms in total. The van der Waals surface area contributed by atoms with Crippen molar-refractivity contribution in [2.24, 2.45) is 12.9 Å². The first-order chi connectivity index (χ1) is 8.28. The number of nitrogens with zero attached hydrogens (tertiary/aromatic N) is 3. The van der Waals surface area contributed by atoms with E-state index in [2.05, 4.69) is 20.8 Å². The van der Waals surface area contributed by atoms with Gasteiger partial charge >= 0.3 is 0 Å². The maximum absolute atomic E-state index is 5.29. The summed E-state index contributed by atoms with van der Waals surface area (Å²) in [5.74, 6) is 5.93. The Bertz CT molecular complexity index is 478. The molecule has 0 radical (unpaired) electrons. The number of aryl methyl sites for hydroxylation is 1. The van der Waals surface area contributed by atoms with Crippen LogP contribution in [0.4, 0.5) is 11.5 Å². The highest BCUT2D eigenvalue weighted by Gasteiger charge is 1.98. The number of hydrazine groups is 1. The first-order valence-corrected chi connectivity index (χ1v) is 5.43. The van der Waals surface area contributed by atoms with Gasteiger partial charge in [0, 0.05) is 44.2 Å². The van der Waals surface area contributed by atoms with Crippen molar-refractivity contribution in [3.63, 3.8) is 0 Å². The van der Waals surface area contributed by atoms with Crippen molar-refractivity contribution in [2.75, 3.05) is 17.3 Å². The fraction of sp³-hybridized carbons (Fsp3) is 0.273. The molecule has 4 N–H and O–H groups in total. The summed E-state index contributed by atoms with van der Waals surface area (Å²) in [6, 6.07) is 5.78. The summed E-state index contributed by atoms with van der Waals surface area (Å²) < 4.78 is 1.80. The first-order valence-electron chi connectivity index (χ1n) is 5.43. The van der Waals surface area contributed by atoms with E-state index >= 15 is 0 Å². The van der Waals surface area contributed by atoms with Crippen LogP contribution in [0.25, 0.3) is 0 Å². The zero-order valence-electron chi connectivity index (χ0n) is 9.72. The fourth-order valence-electron chi connectivity index (χ4n) is 1.55. The van der Waals surface area contributed by atoms with Crippen LogP contribution < -0.4 is 16.6 Å². The van der Waals surface area contributed by atoms with Gasteiger partial charge in [-0.2, -0.15) is 5.10 Å². The summed E-state index contributed by atoms with van der Waals surface area (Å²) in [7, 11) is 1.92. The molecule has 2 rings (SSSR count). The molecule has 0 aliphatic heterocycles. The summed E-state index contributed by atoms with van der Waals surface area (Å²) in [5.41, 5.74) is 4.58. The van der Waals surface area contributed by atoms with Gasteiger partial charge in [-0.15, -0.1) is 0 Å². The minimum absolute atomic E-state index is 0.646. The van der Waals surface area contributed by atoms with E-state index in [0.717, 1.165) is 24.3 Å². The molecule has 2 aromatic rings. The van der Waals surface area contributed by atoms with E-state index in [1.807, 2.05) is 31.4 Å². The molecule has 0 aliphatic rings. The maximum atomic E-state index is 5.29. The lowest BCUT2D eigenvalue weighted by molar-refractivity contribution is 0.742. The number of pyridine rings is 1. The summed E-state index contributed by atoms with van der Waals surface area (Å²) >= 11 is 0. The molecule has 0 unspecified atom stereocenters. The second-order valence-electron chi connectivity index (χ2n) is 3.73. The highest BCUT2D eigenvalue weighted by Crippen LogP contribution is 2.10. The third-order valence-corrected chi connectivity index (χ3v) is 2.39. The molecule has 0 amide bonds. The zero-order chi connectivity index (χ0) is 12.1. The third kappa shape index (κ3) is 3.18. The highest BCUT2D eigenvalue weighted by atomic mass is 15.3. The molecule has 0 saturated carbocycles. The number of anilines is 2. The Labute approximate surface area is 99.8 Å². The van der Waals surface area contributed by atoms with Crippen LogP contribution in [-0.4, -0.2) is 21.3 Å². The first kappa shape index (κ1) is 11.4. The Morgan fingerprint density at radius 3 is 3.00 bits per heavy atom. The molecule has 17 heavy (non-hydrogen) atoms. The van der Waals surface area contributed by atoms with Gasteiger partial charge in [-0.05, 0) is 12.1 Å². The molecule has 0 atom stereocenters. The molecule has 0 fully saturated rings. The zero-order valence-corrected chi connectivity index (χ0v) is 9.72. The molecule has 0 spiro atoms. The van der Waals surface area contributed by atoms with Gasteiger partial charge in [-0.3, -0.25) is 4.68 Å². The van der Waals surface area contributed by atoms with E-state index in [1.54, 1.807) is 10.9 Å². The molecule has 2 aromatic heterocycles. The van der Waals surface area contributed by atoms with Gasteiger partial charge in [0.05, 0.1) is 5.69 Å². The van der Waals surface area contributed by atoms with Gasteiger partial charge < -0.3 is 10.7 Å². The second kappa shape index (κ2) is 5.31. The van der Waals surface area contributed by atoms with Crippen LogP contribution in [0.5, 0.6) is 0 Å². The van der Waals surface area contributed by atoms with Crippen LogP contribution in [-0.2, 0) is 13.5 Å². The van der Waals surface area contributed by atoms with Gasteiger partial charge in [0.25, 0.3) is 0 Å². The second-order valence-corrected chi connectivity index (χ2v) is 3.73. The van der Waals surface area contributed by atoms with Gasteiger partial charge in [0.15, 0.2) is 0 Å². The molecular formula is C11H16N6. The average Bonchev–Trinajstić information content (AvgIpc) is 2.75. The lowest BCUT2D eigenvalue weighted by atomic mass is 10.3. The normalized spacial score (nSPS) is 10.2. The van der Waals surface area contributed by atoms with Gasteiger partial charge in [0.1, 0.15) is 5.82 Å². The number of nitrogens with one attached hydrogen (secondary N) is 2. The third-order valence-electron chi connectivity index (χ3n) is 2.39. The van der Waals surface area contributed by atoms with Crippen molar-refractivity contribution in [2.45, 2.75) is 6.42 Å². The number of nitrogen functional groups attached to an aromatic ring is 1. The minimum atomic E-state index is 0.646. The van der Waals surface area contributed by atoms with Crippen LogP contribution in [0.15, 0.2) is 30.6 Å². The quantitative estimate of drug-likeness (QED) is 0.523. The number of nitrogens with two attached hydrogens (primary N) is 1. The lowest BCUT2D eigenvalue weighted by Gasteiger charge is -2.06. The smallest absolute Gasteiger partial charge is 0.141 e. The van der Waals surface area contributed by atoms with Crippen molar-refractivity contribution >= 4 is 11.5 Å². The Kier molecular flexibility index (Phi) is 3.56. The average molecular weight is 232 g/mol. The van der Waals surface area contributed by atoms with Crippen LogP contribution >= 0.6 is 0 Å². The summed E-state index contributed by atoms with van der Waals surface area (Å²) in [5, 5.41) is 7.60. The molecule has 0 bridgehead atoms. The topological polar surface area (TPSA) is 80.8 Å². The molecule has 0 aromatic carbocycles. The number of hydrogen-bond acceptors (Lipinski definition) is 5. The highest BCUT2D eigenvalue weighted by molar-refractivity contribution is 5.51. The Morgan fingerprint density at radius 2 is 2.29 bits per heavy atom. The van der Waals surface area contributed by atoms with Crippen molar-refractivity contribution in [3.05, 3.63) is 36.3 Å². The van der Waals surface area contributed by atoms with E-state index in [9.17, 15) is 0 Å². The fourth-order valence-corrected chi connectivity index (χ4v) is 1.55. The van der Waals surface area contributed by atoms with Gasteiger partial charge in [0.2, 0.25) is 0 Å². The van der Waals surface area contributed by atoms with Crippen LogP contribution in [0, 0.1) is 0 Å². The van der Waals surface area contributed by atoms with E-state index in [-0.39, 0.29) is 0 Å². The van der Waals surface area contributed by atoms with E-state index in [4.69, 9.17) is 5.84 Å². The predicted molar refractivity (Wildman–Crippen MR) is 67.4 cm³/mol. The SMILES string of the molecule is Cn1ccc(CCNc2ccnc(NN)c2)n1. The summed E-state index contributed by atoms with van der Waals surface area (Å²) in [4.78, 5) is 4.04. The standard InChI is InChI=1S/C11H16N6/c1-17-7-4-9(16-17)2-5-13-10-3-6-14-11(8-10)15-12/h3-4,6-8H,2,5,12H2,1H3,(H2,13,14,15). The van der Waals surface area contributed by atoms with Crippen LogP contribution in [0.3, 0.4) is 0 Å². The Morgan fingerprint density at radius 1 is 1.41 bits per heavy atom. The molecule has 0 saturated heterocycles. The van der Waals surface area contributed by atoms with Crippen molar-refractivity contribution < 1.29 is 0 Å². The molecule has 90 valence electrons. The molecule has 6 heteroatoms. The Hall–Kier alpha value is -2.08. The lowest BCUT2D eigenvalue weighted by Crippen LogP contribution is -2.10. The molecule has 0 aliphatic carbocycles. The number of aromatic nitrogens is 3. The van der Waals surface area contributed by atoms with Crippen molar-refractivity contribution in [1.29, 1.82) is 0 Å². The maximum Gasteiger partial charge on any atom is 0.141 e. The predicted octanol–water partition coefficient (Wildman–Crippen LogP) is 0.755. The van der Waals surface area contributed by atoms with Crippen molar-refractivity contribution in [1.82, 2.24) is 14.8 Å².